The van der Waals surface area contributed by atoms with Gasteiger partial charge in [-0.2, -0.15) is 0 Å². The molecule has 18 heavy (non-hydrogen) atoms. The Morgan fingerprint density at radius 1 is 1.39 bits per heavy atom. The summed E-state index contributed by atoms with van der Waals surface area (Å²) >= 11 is 1.09. The molecule has 0 bridgehead atoms. The quantitative estimate of drug-likeness (QED) is 0.712. The second-order valence-electron chi connectivity index (χ2n) is 3.89. The molecule has 2 amide bonds. The maximum absolute atomic E-state index is 11.7. The number of nitrogens with zero attached hydrogens (tertiary/aromatic N) is 1. The van der Waals surface area contributed by atoms with Gasteiger partial charge >= 0.3 is 0 Å². The van der Waals surface area contributed by atoms with E-state index in [0.29, 0.717) is 4.90 Å². The lowest BCUT2D eigenvalue weighted by Gasteiger charge is -2.12. The number of aromatic carboxylic acids is 1. The van der Waals surface area contributed by atoms with Gasteiger partial charge in [0.25, 0.3) is 0 Å². The topological polar surface area (TPSA) is 77.5 Å². The minimum Gasteiger partial charge on any atom is -0.545 e. The van der Waals surface area contributed by atoms with Crippen LogP contribution in [0.15, 0.2) is 29.2 Å². The lowest BCUT2D eigenvalue weighted by atomic mass is 10.2. The molecule has 0 spiro atoms. The fourth-order valence-electron chi connectivity index (χ4n) is 1.71. The Morgan fingerprint density at radius 3 is 2.61 bits per heavy atom. The van der Waals surface area contributed by atoms with Crippen molar-refractivity contribution in [1.82, 2.24) is 4.90 Å². The predicted molar refractivity (Wildman–Crippen MR) is 62.8 cm³/mol. The molecular weight excluding hydrogens is 254 g/mol. The zero-order valence-electron chi connectivity index (χ0n) is 9.58. The van der Waals surface area contributed by atoms with Crippen molar-refractivity contribution in [2.24, 2.45) is 0 Å². The third-order valence-corrected chi connectivity index (χ3v) is 3.98. The molecule has 94 valence electrons. The van der Waals surface area contributed by atoms with Crippen LogP contribution in [0.2, 0.25) is 0 Å². The van der Waals surface area contributed by atoms with Gasteiger partial charge in [-0.1, -0.05) is 18.2 Å². The van der Waals surface area contributed by atoms with Crippen LogP contribution < -0.4 is 5.11 Å². The number of benzene rings is 1. The number of hydrogen-bond acceptors (Lipinski definition) is 5. The van der Waals surface area contributed by atoms with E-state index in [1.54, 1.807) is 18.2 Å². The zero-order chi connectivity index (χ0) is 13.3. The van der Waals surface area contributed by atoms with Gasteiger partial charge in [-0.15, -0.1) is 11.8 Å². The second kappa shape index (κ2) is 4.81. The van der Waals surface area contributed by atoms with E-state index in [1.165, 1.54) is 13.1 Å². The first kappa shape index (κ1) is 12.6. The molecule has 1 aromatic carbocycles. The monoisotopic (exact) mass is 264 g/mol. The number of imide groups is 1. The van der Waals surface area contributed by atoms with Crippen molar-refractivity contribution in [3.8, 4) is 0 Å². The number of thioether (sulfide) groups is 1. The highest BCUT2D eigenvalue weighted by molar-refractivity contribution is 8.00. The van der Waals surface area contributed by atoms with E-state index in [9.17, 15) is 19.5 Å². The number of rotatable bonds is 3. The van der Waals surface area contributed by atoms with Crippen molar-refractivity contribution >= 4 is 29.5 Å². The van der Waals surface area contributed by atoms with Crippen molar-refractivity contribution in [3.63, 3.8) is 0 Å². The largest absolute Gasteiger partial charge is 0.545 e. The summed E-state index contributed by atoms with van der Waals surface area (Å²) < 4.78 is 0. The van der Waals surface area contributed by atoms with Gasteiger partial charge in [-0.05, 0) is 6.07 Å². The summed E-state index contributed by atoms with van der Waals surface area (Å²) in [6, 6.07) is 6.29. The third kappa shape index (κ3) is 2.24. The summed E-state index contributed by atoms with van der Waals surface area (Å²) in [6.45, 7) is 0. The van der Waals surface area contributed by atoms with E-state index in [4.69, 9.17) is 0 Å². The summed E-state index contributed by atoms with van der Waals surface area (Å²) in [6.07, 6.45) is 0.0986. The summed E-state index contributed by atoms with van der Waals surface area (Å²) in [5.41, 5.74) is 0.0392. The van der Waals surface area contributed by atoms with Crippen LogP contribution in [0.4, 0.5) is 0 Å². The Morgan fingerprint density at radius 2 is 2.06 bits per heavy atom. The molecule has 1 aliphatic heterocycles. The van der Waals surface area contributed by atoms with Crippen LogP contribution in [0, 0.1) is 0 Å². The van der Waals surface area contributed by atoms with E-state index in [-0.39, 0.29) is 23.8 Å². The molecule has 0 saturated carbocycles. The Bertz CT molecular complexity index is 529. The molecule has 1 saturated heterocycles. The van der Waals surface area contributed by atoms with Gasteiger partial charge in [-0.3, -0.25) is 14.5 Å². The maximum Gasteiger partial charge on any atom is 0.242 e. The maximum atomic E-state index is 11.7. The van der Waals surface area contributed by atoms with Gasteiger partial charge in [0.2, 0.25) is 11.8 Å². The number of likely N-dealkylation sites (tertiary alicyclic amines) is 1. The molecule has 1 fully saturated rings. The van der Waals surface area contributed by atoms with Crippen LogP contribution in [-0.2, 0) is 9.59 Å². The molecule has 6 heteroatoms. The van der Waals surface area contributed by atoms with E-state index in [1.807, 2.05) is 0 Å². The average molecular weight is 264 g/mol. The number of amides is 2. The molecule has 1 unspecified atom stereocenters. The summed E-state index contributed by atoms with van der Waals surface area (Å²) in [5, 5.41) is 10.4. The normalized spacial score (nSPS) is 19.4. The van der Waals surface area contributed by atoms with Gasteiger partial charge in [0.1, 0.15) is 0 Å². The van der Waals surface area contributed by atoms with Crippen molar-refractivity contribution in [2.45, 2.75) is 16.6 Å². The molecule has 2 rings (SSSR count). The van der Waals surface area contributed by atoms with Crippen LogP contribution in [-0.4, -0.2) is 35.0 Å². The first-order valence-corrected chi connectivity index (χ1v) is 6.16. The van der Waals surface area contributed by atoms with Crippen molar-refractivity contribution in [1.29, 1.82) is 0 Å². The molecule has 1 atom stereocenters. The number of carboxylic acid groups (broad SMARTS) is 1. The Balaban J connectivity index is 2.23. The van der Waals surface area contributed by atoms with Crippen molar-refractivity contribution in [2.75, 3.05) is 7.05 Å². The smallest absolute Gasteiger partial charge is 0.242 e. The molecule has 5 nitrogen and oxygen atoms in total. The van der Waals surface area contributed by atoms with Gasteiger partial charge in [0.15, 0.2) is 0 Å². The molecule has 1 heterocycles. The lowest BCUT2D eigenvalue weighted by Crippen LogP contribution is -2.27. The molecule has 0 aromatic heterocycles. The number of carbonyl (C=O) groups is 3. The van der Waals surface area contributed by atoms with E-state index >= 15 is 0 Å². The zero-order valence-corrected chi connectivity index (χ0v) is 10.4. The highest BCUT2D eigenvalue weighted by Gasteiger charge is 2.36. The number of carbonyl (C=O) groups excluding carboxylic acids is 3. The van der Waals surface area contributed by atoms with Gasteiger partial charge in [-0.25, -0.2) is 0 Å². The van der Waals surface area contributed by atoms with E-state index < -0.39 is 11.2 Å². The fraction of sp³-hybridized carbons (Fsp3) is 0.250. The van der Waals surface area contributed by atoms with Gasteiger partial charge in [0.05, 0.1) is 11.2 Å². The van der Waals surface area contributed by atoms with Crippen molar-refractivity contribution < 1.29 is 19.5 Å². The van der Waals surface area contributed by atoms with Gasteiger partial charge in [0, 0.05) is 23.9 Å². The Hall–Kier alpha value is -1.82. The number of hydrogen-bond donors (Lipinski definition) is 0. The highest BCUT2D eigenvalue weighted by atomic mass is 32.2. The summed E-state index contributed by atoms with van der Waals surface area (Å²) in [7, 11) is 1.43. The lowest BCUT2D eigenvalue weighted by molar-refractivity contribution is -0.255. The summed E-state index contributed by atoms with van der Waals surface area (Å²) in [5.74, 6) is -1.83. The van der Waals surface area contributed by atoms with E-state index in [0.717, 1.165) is 16.7 Å². The summed E-state index contributed by atoms with van der Waals surface area (Å²) in [4.78, 5) is 35.5. The highest BCUT2D eigenvalue weighted by Crippen LogP contribution is 2.32. The molecule has 0 radical (unpaired) electrons. The minimum absolute atomic E-state index is 0.0392. The van der Waals surface area contributed by atoms with Crippen LogP contribution in [0.25, 0.3) is 0 Å². The molecular formula is C12H10NO4S-. The second-order valence-corrected chi connectivity index (χ2v) is 5.13. The molecule has 0 N–H and O–H groups in total. The predicted octanol–water partition coefficient (Wildman–Crippen LogP) is -0.101. The van der Waals surface area contributed by atoms with Crippen LogP contribution in [0.1, 0.15) is 16.8 Å². The Labute approximate surface area is 108 Å². The van der Waals surface area contributed by atoms with E-state index in [2.05, 4.69) is 0 Å². The first-order valence-electron chi connectivity index (χ1n) is 5.28. The standard InChI is InChI=1S/C12H11NO4S/c1-13-10(14)6-9(11(13)15)18-8-5-3-2-4-7(8)12(16)17/h2-5,9H,6H2,1H3,(H,16,17)/p-1. The van der Waals surface area contributed by atoms with Crippen LogP contribution >= 0.6 is 11.8 Å². The fourth-order valence-corrected chi connectivity index (χ4v) is 2.93. The van der Waals surface area contributed by atoms with Gasteiger partial charge < -0.3 is 9.90 Å². The Kier molecular flexibility index (Phi) is 3.38. The molecule has 0 aliphatic carbocycles. The third-order valence-electron chi connectivity index (χ3n) is 2.72. The van der Waals surface area contributed by atoms with Crippen LogP contribution in [0.3, 0.4) is 0 Å². The molecule has 1 aliphatic rings. The minimum atomic E-state index is -1.29. The number of carboxylic acids is 1. The van der Waals surface area contributed by atoms with Crippen LogP contribution in [0.5, 0.6) is 0 Å². The van der Waals surface area contributed by atoms with Crippen molar-refractivity contribution in [3.05, 3.63) is 29.8 Å². The SMILES string of the molecule is CN1C(=O)CC(Sc2ccccc2C(=O)[O-])C1=O. The molecule has 1 aromatic rings. The first-order chi connectivity index (χ1) is 8.50. The average Bonchev–Trinajstić information content (AvgIpc) is 2.57.